The quantitative estimate of drug-likeness (QED) is 0.625. The molecule has 0 aliphatic heterocycles. The van der Waals surface area contributed by atoms with E-state index in [1.165, 1.54) is 16.7 Å². The summed E-state index contributed by atoms with van der Waals surface area (Å²) in [5, 5.41) is 10.1. The molecule has 0 spiro atoms. The first-order chi connectivity index (χ1) is 12.5. The molecule has 0 saturated heterocycles. The van der Waals surface area contributed by atoms with Crippen LogP contribution in [0.3, 0.4) is 0 Å². The van der Waals surface area contributed by atoms with Gasteiger partial charge in [-0.2, -0.15) is 0 Å². The number of aryl methyl sites for hydroxylation is 4. The van der Waals surface area contributed by atoms with E-state index in [4.69, 9.17) is 4.74 Å². The molecule has 1 aromatic heterocycles. The summed E-state index contributed by atoms with van der Waals surface area (Å²) in [4.78, 5) is 4.64. The van der Waals surface area contributed by atoms with Crippen molar-refractivity contribution in [1.29, 1.82) is 0 Å². The van der Waals surface area contributed by atoms with Crippen LogP contribution < -0.4 is 4.74 Å². The van der Waals surface area contributed by atoms with Crippen molar-refractivity contribution in [3.05, 3.63) is 58.9 Å². The fourth-order valence-electron chi connectivity index (χ4n) is 3.19. The van der Waals surface area contributed by atoms with Crippen molar-refractivity contribution in [2.75, 3.05) is 6.61 Å². The first-order valence-electron chi connectivity index (χ1n) is 9.36. The molecule has 138 valence electrons. The van der Waals surface area contributed by atoms with Crippen LogP contribution in [0, 0.1) is 13.8 Å². The van der Waals surface area contributed by atoms with Gasteiger partial charge >= 0.3 is 0 Å². The number of imidazole rings is 1. The summed E-state index contributed by atoms with van der Waals surface area (Å²) in [5.41, 5.74) is 5.80. The molecule has 1 heterocycles. The van der Waals surface area contributed by atoms with Gasteiger partial charge in [0.2, 0.25) is 0 Å². The van der Waals surface area contributed by atoms with Crippen LogP contribution in [0.4, 0.5) is 0 Å². The van der Waals surface area contributed by atoms with E-state index in [-0.39, 0.29) is 0 Å². The molecule has 0 radical (unpaired) electrons. The molecular formula is C22H28N2O2. The van der Waals surface area contributed by atoms with Crippen LogP contribution in [0.2, 0.25) is 0 Å². The zero-order valence-corrected chi connectivity index (χ0v) is 16.1. The summed E-state index contributed by atoms with van der Waals surface area (Å²) in [6.07, 6.45) is 1.30. The average molecular weight is 352 g/mol. The second-order valence-corrected chi connectivity index (χ2v) is 6.92. The minimum absolute atomic E-state index is 0.592. The largest absolute Gasteiger partial charge is 0.494 e. The summed E-state index contributed by atoms with van der Waals surface area (Å²) < 4.78 is 7.98. The number of hydrogen-bond acceptors (Lipinski definition) is 3. The Morgan fingerprint density at radius 3 is 2.46 bits per heavy atom. The number of ether oxygens (including phenoxy) is 1. The number of aliphatic hydroxyl groups excluding tert-OH is 1. The molecule has 4 heteroatoms. The maximum Gasteiger partial charge on any atom is 0.138 e. The highest BCUT2D eigenvalue weighted by atomic mass is 16.5. The highest BCUT2D eigenvalue weighted by molar-refractivity contribution is 5.78. The minimum atomic E-state index is -0.592. The smallest absolute Gasteiger partial charge is 0.138 e. The van der Waals surface area contributed by atoms with Gasteiger partial charge in [0.1, 0.15) is 17.7 Å². The molecule has 0 fully saturated rings. The van der Waals surface area contributed by atoms with Gasteiger partial charge in [-0.1, -0.05) is 19.1 Å². The third-order valence-corrected chi connectivity index (χ3v) is 4.89. The van der Waals surface area contributed by atoms with E-state index in [0.29, 0.717) is 6.61 Å². The topological polar surface area (TPSA) is 47.3 Å². The second kappa shape index (κ2) is 7.92. The molecule has 0 saturated carbocycles. The fourth-order valence-corrected chi connectivity index (χ4v) is 3.19. The van der Waals surface area contributed by atoms with Crippen LogP contribution in [0.15, 0.2) is 36.4 Å². The van der Waals surface area contributed by atoms with Crippen LogP contribution in [-0.4, -0.2) is 21.3 Å². The lowest BCUT2D eigenvalue weighted by atomic mass is 10.1. The van der Waals surface area contributed by atoms with Gasteiger partial charge in [-0.3, -0.25) is 0 Å². The van der Waals surface area contributed by atoms with Gasteiger partial charge in [-0.05, 0) is 74.6 Å². The zero-order chi connectivity index (χ0) is 18.7. The van der Waals surface area contributed by atoms with E-state index < -0.39 is 6.10 Å². The van der Waals surface area contributed by atoms with Crippen molar-refractivity contribution >= 4 is 11.0 Å². The van der Waals surface area contributed by atoms with Gasteiger partial charge < -0.3 is 14.4 Å². The maximum atomic E-state index is 10.1. The summed E-state index contributed by atoms with van der Waals surface area (Å²) in [6, 6.07) is 12.5. The van der Waals surface area contributed by atoms with E-state index in [0.717, 1.165) is 42.0 Å². The molecular weight excluding hydrogens is 324 g/mol. The van der Waals surface area contributed by atoms with Gasteiger partial charge in [0.05, 0.1) is 17.6 Å². The Morgan fingerprint density at radius 2 is 1.81 bits per heavy atom. The van der Waals surface area contributed by atoms with Crippen LogP contribution >= 0.6 is 0 Å². The predicted octanol–water partition coefficient (Wildman–Crippen LogP) is 4.74. The highest BCUT2D eigenvalue weighted by Gasteiger charge is 2.15. The van der Waals surface area contributed by atoms with Crippen molar-refractivity contribution in [1.82, 2.24) is 9.55 Å². The molecule has 26 heavy (non-hydrogen) atoms. The monoisotopic (exact) mass is 352 g/mol. The molecule has 1 unspecified atom stereocenters. The molecule has 1 N–H and O–H groups in total. The summed E-state index contributed by atoms with van der Waals surface area (Å²) in [6.45, 7) is 9.52. The maximum absolute atomic E-state index is 10.1. The number of benzene rings is 2. The fraction of sp³-hybridized carbons (Fsp3) is 0.409. The number of hydrogen-bond donors (Lipinski definition) is 1. The van der Waals surface area contributed by atoms with Crippen molar-refractivity contribution in [3.63, 3.8) is 0 Å². The van der Waals surface area contributed by atoms with Gasteiger partial charge in [0.15, 0.2) is 0 Å². The van der Waals surface area contributed by atoms with Gasteiger partial charge in [0.25, 0.3) is 0 Å². The molecule has 3 rings (SSSR count). The molecule has 4 nitrogen and oxygen atoms in total. The van der Waals surface area contributed by atoms with E-state index in [2.05, 4.69) is 54.6 Å². The van der Waals surface area contributed by atoms with E-state index >= 15 is 0 Å². The Labute approximate surface area is 155 Å². The highest BCUT2D eigenvalue weighted by Crippen LogP contribution is 2.24. The molecule has 0 aliphatic rings. The lowest BCUT2D eigenvalue weighted by Gasteiger charge is -2.12. The lowest BCUT2D eigenvalue weighted by Crippen LogP contribution is -2.10. The van der Waals surface area contributed by atoms with Gasteiger partial charge in [0, 0.05) is 6.54 Å². The van der Waals surface area contributed by atoms with Crippen molar-refractivity contribution < 1.29 is 9.84 Å². The number of fused-ring (bicyclic) bond motifs is 1. The predicted molar refractivity (Wildman–Crippen MR) is 106 cm³/mol. The van der Waals surface area contributed by atoms with E-state index in [1.54, 1.807) is 6.92 Å². The Morgan fingerprint density at radius 1 is 1.12 bits per heavy atom. The lowest BCUT2D eigenvalue weighted by molar-refractivity contribution is 0.183. The van der Waals surface area contributed by atoms with Crippen LogP contribution in [0.5, 0.6) is 5.75 Å². The molecule has 0 bridgehead atoms. The third kappa shape index (κ3) is 3.91. The zero-order valence-electron chi connectivity index (χ0n) is 16.1. The number of aliphatic hydroxyl groups is 1. The minimum Gasteiger partial charge on any atom is -0.494 e. The summed E-state index contributed by atoms with van der Waals surface area (Å²) in [5.74, 6) is 1.62. The molecule has 0 aliphatic carbocycles. The molecule has 2 aromatic carbocycles. The van der Waals surface area contributed by atoms with Gasteiger partial charge in [-0.25, -0.2) is 4.98 Å². The van der Waals surface area contributed by atoms with Gasteiger partial charge in [-0.15, -0.1) is 0 Å². The van der Waals surface area contributed by atoms with Crippen molar-refractivity contribution in [3.8, 4) is 5.75 Å². The first kappa shape index (κ1) is 18.5. The second-order valence-electron chi connectivity index (χ2n) is 6.92. The summed E-state index contributed by atoms with van der Waals surface area (Å²) >= 11 is 0. The van der Waals surface area contributed by atoms with Crippen LogP contribution in [-0.2, 0) is 13.0 Å². The Kier molecular flexibility index (Phi) is 5.62. The van der Waals surface area contributed by atoms with Crippen LogP contribution in [0.1, 0.15) is 48.9 Å². The van der Waals surface area contributed by atoms with Crippen LogP contribution in [0.25, 0.3) is 11.0 Å². The average Bonchev–Trinajstić information content (AvgIpc) is 2.97. The molecule has 1 atom stereocenters. The first-order valence-corrected chi connectivity index (χ1v) is 9.36. The standard InChI is InChI=1S/C22H28N2O2/c1-5-18-7-9-19(10-8-18)26-12-6-11-24-21-14-16(3)15(2)13-20(21)23-22(24)17(4)25/h7-10,13-14,17,25H,5-6,11-12H2,1-4H3. The Balaban J connectivity index is 1.71. The third-order valence-electron chi connectivity index (χ3n) is 4.89. The number of aromatic nitrogens is 2. The normalized spacial score (nSPS) is 12.5. The van der Waals surface area contributed by atoms with Crippen molar-refractivity contribution in [2.45, 2.75) is 53.2 Å². The van der Waals surface area contributed by atoms with Crippen molar-refractivity contribution in [2.24, 2.45) is 0 Å². The number of rotatable bonds is 7. The number of nitrogens with zero attached hydrogens (tertiary/aromatic N) is 2. The van der Waals surface area contributed by atoms with E-state index in [1.807, 2.05) is 12.1 Å². The SMILES string of the molecule is CCc1ccc(OCCCn2c(C(C)O)nc3cc(C)c(C)cc32)cc1. The van der Waals surface area contributed by atoms with E-state index in [9.17, 15) is 5.11 Å². The molecule has 3 aromatic rings. The Bertz CT molecular complexity index is 879. The molecule has 0 amide bonds. The summed E-state index contributed by atoms with van der Waals surface area (Å²) in [7, 11) is 0. The Hall–Kier alpha value is -2.33.